The molecule has 1 aliphatic heterocycles. The summed E-state index contributed by atoms with van der Waals surface area (Å²) in [5, 5.41) is 11.1. The molecule has 7 nitrogen and oxygen atoms in total. The van der Waals surface area contributed by atoms with E-state index < -0.39 is 5.60 Å². The highest BCUT2D eigenvalue weighted by Gasteiger charge is 2.42. The van der Waals surface area contributed by atoms with Crippen molar-refractivity contribution in [3.63, 3.8) is 0 Å². The van der Waals surface area contributed by atoms with Gasteiger partial charge in [0.15, 0.2) is 5.82 Å². The maximum atomic E-state index is 12.0. The molecule has 0 aliphatic carbocycles. The zero-order valence-corrected chi connectivity index (χ0v) is 16.1. The average molecular weight is 394 g/mol. The largest absolute Gasteiger partial charge is 0.369 e. The summed E-state index contributed by atoms with van der Waals surface area (Å²) in [7, 11) is 1.64. The Balaban J connectivity index is 0.00000225. The van der Waals surface area contributed by atoms with Gasteiger partial charge in [-0.25, -0.2) is 9.97 Å². The standard InChI is InChI=1S/C20H16N4O3.H2S/c1-24-10-8-20(27,19(24)26)7-5-13-3-2-4-14(11-13)17-22-12-15-6-9-21-18(25)16(15)23-17;/h2-4,6,9,11-12,27H,8,10H2,1H3,(H,21,25);1H2/t20-;/m1./s1. The van der Waals surface area contributed by atoms with Gasteiger partial charge >= 0.3 is 0 Å². The number of likely N-dealkylation sites (N-methyl/N-ethyl adjacent to an activating group) is 1. The van der Waals surface area contributed by atoms with E-state index in [-0.39, 0.29) is 31.4 Å². The number of benzene rings is 1. The van der Waals surface area contributed by atoms with Gasteiger partial charge in [-0.1, -0.05) is 24.0 Å². The fraction of sp³-hybridized carbons (Fsp3) is 0.200. The number of pyridine rings is 1. The second kappa shape index (κ2) is 7.46. The van der Waals surface area contributed by atoms with E-state index in [0.717, 1.165) is 0 Å². The van der Waals surface area contributed by atoms with E-state index in [0.29, 0.717) is 34.4 Å². The molecule has 2 aromatic heterocycles. The van der Waals surface area contributed by atoms with E-state index in [2.05, 4.69) is 26.8 Å². The van der Waals surface area contributed by atoms with Crippen LogP contribution in [0.2, 0.25) is 0 Å². The summed E-state index contributed by atoms with van der Waals surface area (Å²) in [6, 6.07) is 8.87. The van der Waals surface area contributed by atoms with E-state index in [9.17, 15) is 14.7 Å². The van der Waals surface area contributed by atoms with Crippen molar-refractivity contribution in [1.82, 2.24) is 19.9 Å². The SMILES string of the molecule is CN1CC[C@](O)(C#Cc2cccc(-c3ncc4cc[nH]c(=O)c4n3)c2)C1=O.S. The van der Waals surface area contributed by atoms with Gasteiger partial charge in [0.05, 0.1) is 0 Å². The third-order valence-corrected chi connectivity index (χ3v) is 4.55. The van der Waals surface area contributed by atoms with Gasteiger partial charge in [-0.3, -0.25) is 9.59 Å². The summed E-state index contributed by atoms with van der Waals surface area (Å²) in [6.45, 7) is 0.476. The van der Waals surface area contributed by atoms with E-state index >= 15 is 0 Å². The highest BCUT2D eigenvalue weighted by Crippen LogP contribution is 2.22. The topological polar surface area (TPSA) is 99.2 Å². The van der Waals surface area contributed by atoms with Crippen LogP contribution in [-0.2, 0) is 4.79 Å². The minimum absolute atomic E-state index is 0. The van der Waals surface area contributed by atoms with Crippen molar-refractivity contribution in [3.05, 3.63) is 58.6 Å². The molecule has 142 valence electrons. The van der Waals surface area contributed by atoms with Crippen LogP contribution in [0.1, 0.15) is 12.0 Å². The lowest BCUT2D eigenvalue weighted by Gasteiger charge is -2.13. The van der Waals surface area contributed by atoms with Crippen LogP contribution in [0.3, 0.4) is 0 Å². The molecular weight excluding hydrogens is 376 g/mol. The number of fused-ring (bicyclic) bond motifs is 1. The number of aliphatic hydroxyl groups is 1. The number of aromatic nitrogens is 3. The van der Waals surface area contributed by atoms with Gasteiger partial charge in [0, 0.05) is 48.9 Å². The summed E-state index contributed by atoms with van der Waals surface area (Å²) >= 11 is 0. The smallest absolute Gasteiger partial charge is 0.274 e. The van der Waals surface area contributed by atoms with Gasteiger partial charge in [0.25, 0.3) is 11.5 Å². The van der Waals surface area contributed by atoms with Crippen molar-refractivity contribution >= 4 is 30.3 Å². The molecule has 4 rings (SSSR count). The summed E-state index contributed by atoms with van der Waals surface area (Å²) in [5.41, 5.74) is -0.300. The van der Waals surface area contributed by atoms with Crippen LogP contribution in [0.25, 0.3) is 22.3 Å². The molecular formula is C20H18N4O3S. The van der Waals surface area contributed by atoms with Gasteiger partial charge < -0.3 is 15.0 Å². The Bertz CT molecular complexity index is 1180. The summed E-state index contributed by atoms with van der Waals surface area (Å²) < 4.78 is 0. The van der Waals surface area contributed by atoms with Crippen molar-refractivity contribution in [2.45, 2.75) is 12.0 Å². The molecule has 1 fully saturated rings. The van der Waals surface area contributed by atoms with E-state index in [1.165, 1.54) is 4.90 Å². The fourth-order valence-electron chi connectivity index (χ4n) is 2.99. The Kier molecular flexibility index (Phi) is 5.23. The van der Waals surface area contributed by atoms with E-state index in [4.69, 9.17) is 0 Å². The molecule has 3 heterocycles. The summed E-state index contributed by atoms with van der Waals surface area (Å²) in [4.78, 5) is 36.7. The van der Waals surface area contributed by atoms with Crippen molar-refractivity contribution in [1.29, 1.82) is 0 Å². The first-order chi connectivity index (χ1) is 13.0. The number of amides is 1. The van der Waals surface area contributed by atoms with Crippen LogP contribution in [0.4, 0.5) is 0 Å². The van der Waals surface area contributed by atoms with Crippen LogP contribution >= 0.6 is 13.5 Å². The number of carbonyl (C=O) groups excluding carboxylic acids is 1. The minimum atomic E-state index is -1.64. The monoisotopic (exact) mass is 394 g/mol. The van der Waals surface area contributed by atoms with Crippen molar-refractivity contribution in [3.8, 4) is 23.2 Å². The Morgan fingerprint density at radius 3 is 2.86 bits per heavy atom. The maximum absolute atomic E-state index is 12.0. The van der Waals surface area contributed by atoms with E-state index in [1.807, 2.05) is 6.07 Å². The molecule has 1 aromatic carbocycles. The highest BCUT2D eigenvalue weighted by molar-refractivity contribution is 7.59. The number of hydrogen-bond acceptors (Lipinski definition) is 5. The molecule has 0 radical (unpaired) electrons. The number of likely N-dealkylation sites (tertiary alicyclic amines) is 1. The molecule has 0 bridgehead atoms. The van der Waals surface area contributed by atoms with Crippen LogP contribution < -0.4 is 5.56 Å². The number of H-pyrrole nitrogens is 1. The molecule has 0 spiro atoms. The summed E-state index contributed by atoms with van der Waals surface area (Å²) in [5.74, 6) is 5.57. The number of hydrogen-bond donors (Lipinski definition) is 2. The lowest BCUT2D eigenvalue weighted by Crippen LogP contribution is -2.37. The quantitative estimate of drug-likeness (QED) is 0.601. The summed E-state index contributed by atoms with van der Waals surface area (Å²) in [6.07, 6.45) is 3.43. The van der Waals surface area contributed by atoms with Crippen molar-refractivity contribution in [2.24, 2.45) is 0 Å². The predicted octanol–water partition coefficient (Wildman–Crippen LogP) is 1.04. The number of carbonyl (C=O) groups is 1. The fourth-order valence-corrected chi connectivity index (χ4v) is 2.99. The second-order valence-corrected chi connectivity index (χ2v) is 6.47. The number of aromatic amines is 1. The van der Waals surface area contributed by atoms with Gasteiger partial charge in [0.1, 0.15) is 5.52 Å². The highest BCUT2D eigenvalue weighted by atomic mass is 32.1. The zero-order valence-electron chi connectivity index (χ0n) is 15.1. The average Bonchev–Trinajstić information content (AvgIpc) is 2.95. The number of nitrogens with one attached hydrogen (secondary N) is 1. The first-order valence-corrected chi connectivity index (χ1v) is 8.42. The molecule has 1 saturated heterocycles. The predicted molar refractivity (Wildman–Crippen MR) is 110 cm³/mol. The van der Waals surface area contributed by atoms with Crippen molar-refractivity contribution < 1.29 is 9.90 Å². The minimum Gasteiger partial charge on any atom is -0.369 e. The van der Waals surface area contributed by atoms with Crippen LogP contribution in [-0.4, -0.2) is 50.1 Å². The molecule has 3 aromatic rings. The molecule has 1 atom stereocenters. The molecule has 1 aliphatic rings. The molecule has 2 N–H and O–H groups in total. The van der Waals surface area contributed by atoms with Gasteiger partial charge in [-0.15, -0.1) is 0 Å². The number of nitrogens with zero attached hydrogens (tertiary/aromatic N) is 3. The number of rotatable bonds is 1. The Morgan fingerprint density at radius 1 is 1.29 bits per heavy atom. The first-order valence-electron chi connectivity index (χ1n) is 8.42. The third kappa shape index (κ3) is 3.50. The molecule has 1 amide bonds. The van der Waals surface area contributed by atoms with Crippen LogP contribution in [0, 0.1) is 11.8 Å². The maximum Gasteiger partial charge on any atom is 0.274 e. The first kappa shape index (κ1) is 19.6. The lowest BCUT2D eigenvalue weighted by molar-refractivity contribution is -0.137. The van der Waals surface area contributed by atoms with Gasteiger partial charge in [0.2, 0.25) is 5.60 Å². The lowest BCUT2D eigenvalue weighted by atomic mass is 10.0. The molecule has 0 unspecified atom stereocenters. The Morgan fingerprint density at radius 2 is 2.11 bits per heavy atom. The van der Waals surface area contributed by atoms with Crippen molar-refractivity contribution in [2.75, 3.05) is 13.6 Å². The normalized spacial score (nSPS) is 18.5. The van der Waals surface area contributed by atoms with E-state index in [1.54, 1.807) is 43.7 Å². The zero-order chi connectivity index (χ0) is 19.0. The Labute approximate surface area is 167 Å². The van der Waals surface area contributed by atoms with Crippen LogP contribution in [0.5, 0.6) is 0 Å². The van der Waals surface area contributed by atoms with Crippen LogP contribution in [0.15, 0.2) is 47.5 Å². The van der Waals surface area contributed by atoms with Gasteiger partial charge in [-0.05, 0) is 18.2 Å². The third-order valence-electron chi connectivity index (χ3n) is 4.55. The molecule has 28 heavy (non-hydrogen) atoms. The molecule has 0 saturated carbocycles. The molecule has 8 heteroatoms. The van der Waals surface area contributed by atoms with Gasteiger partial charge in [-0.2, -0.15) is 13.5 Å². The second-order valence-electron chi connectivity index (χ2n) is 6.47. The Hall–Kier alpha value is -3.15.